The Bertz CT molecular complexity index is 1120. The minimum Gasteiger partial charge on any atom is -0.289 e. The van der Waals surface area contributed by atoms with E-state index >= 15 is 0 Å². The molecule has 0 spiro atoms. The smallest absolute Gasteiger partial charge is 0.272 e. The molecule has 1 aromatic carbocycles. The lowest BCUT2D eigenvalue weighted by atomic mass is 10.1. The molecule has 3 heterocycles. The second-order valence-electron chi connectivity index (χ2n) is 6.45. The molecule has 0 fully saturated rings. The molecule has 0 aliphatic heterocycles. The van der Waals surface area contributed by atoms with E-state index in [-0.39, 0.29) is 17.3 Å². The van der Waals surface area contributed by atoms with Crippen molar-refractivity contribution in [2.24, 2.45) is 0 Å². The Hall–Kier alpha value is -3.22. The number of aromatic amines is 1. The number of benzene rings is 1. The van der Waals surface area contributed by atoms with E-state index in [2.05, 4.69) is 15.2 Å². The van der Waals surface area contributed by atoms with Crippen molar-refractivity contribution in [1.29, 1.82) is 0 Å². The molecule has 0 saturated heterocycles. The minimum atomic E-state index is -0.301. The number of rotatable bonds is 4. The van der Waals surface area contributed by atoms with Gasteiger partial charge in [0, 0.05) is 36.5 Å². The van der Waals surface area contributed by atoms with E-state index in [9.17, 15) is 9.18 Å². The highest BCUT2D eigenvalue weighted by molar-refractivity contribution is 5.63. The molecular weight excluding hydrogens is 333 g/mol. The fourth-order valence-electron chi connectivity index (χ4n) is 2.98. The Morgan fingerprint density at radius 2 is 1.96 bits per heavy atom. The van der Waals surface area contributed by atoms with Crippen LogP contribution in [0.2, 0.25) is 0 Å². The number of hydrogen-bond donors (Lipinski definition) is 1. The summed E-state index contributed by atoms with van der Waals surface area (Å²) in [6, 6.07) is 11.4. The number of H-pyrrole nitrogens is 1. The Balaban J connectivity index is 1.70. The van der Waals surface area contributed by atoms with Crippen LogP contribution in [0.1, 0.15) is 24.2 Å². The largest absolute Gasteiger partial charge is 0.289 e. The Morgan fingerprint density at radius 3 is 2.65 bits per heavy atom. The second-order valence-corrected chi connectivity index (χ2v) is 6.45. The summed E-state index contributed by atoms with van der Waals surface area (Å²) in [7, 11) is 0. The van der Waals surface area contributed by atoms with E-state index in [0.29, 0.717) is 17.9 Å². The van der Waals surface area contributed by atoms with Crippen LogP contribution >= 0.6 is 0 Å². The van der Waals surface area contributed by atoms with Crippen molar-refractivity contribution in [2.75, 3.05) is 0 Å². The predicted octanol–water partition coefficient (Wildman–Crippen LogP) is 3.14. The standard InChI is InChI=1S/C19H18FN5O/c1-12(11-24-13(2)7-8-21-24)16-10-19(26)25-18(22-16)9-17(23-25)14-3-5-15(20)6-4-14/h3-10,12,23H,11H2,1-2H3/t12-/m0/s1. The van der Waals surface area contributed by atoms with Crippen molar-refractivity contribution in [1.82, 2.24) is 24.4 Å². The Morgan fingerprint density at radius 1 is 1.19 bits per heavy atom. The highest BCUT2D eigenvalue weighted by Gasteiger charge is 2.14. The molecule has 4 rings (SSSR count). The third kappa shape index (κ3) is 2.92. The summed E-state index contributed by atoms with van der Waals surface area (Å²) in [5.74, 6) is -0.263. The highest BCUT2D eigenvalue weighted by Crippen LogP contribution is 2.20. The summed E-state index contributed by atoms with van der Waals surface area (Å²) in [4.78, 5) is 17.1. The number of fused-ring (bicyclic) bond motifs is 1. The van der Waals surface area contributed by atoms with Crippen LogP contribution in [0.4, 0.5) is 4.39 Å². The third-order valence-corrected chi connectivity index (χ3v) is 4.51. The van der Waals surface area contributed by atoms with Crippen molar-refractivity contribution in [3.63, 3.8) is 0 Å². The van der Waals surface area contributed by atoms with Gasteiger partial charge >= 0.3 is 0 Å². The van der Waals surface area contributed by atoms with Crippen molar-refractivity contribution < 1.29 is 4.39 Å². The molecule has 6 nitrogen and oxygen atoms in total. The van der Waals surface area contributed by atoms with Gasteiger partial charge in [0.25, 0.3) is 5.56 Å². The molecule has 0 unspecified atom stereocenters. The summed E-state index contributed by atoms with van der Waals surface area (Å²) in [6.45, 7) is 4.66. The van der Waals surface area contributed by atoms with E-state index in [0.717, 1.165) is 17.0 Å². The van der Waals surface area contributed by atoms with Crippen LogP contribution in [0.25, 0.3) is 16.9 Å². The third-order valence-electron chi connectivity index (χ3n) is 4.51. The first-order valence-electron chi connectivity index (χ1n) is 8.38. The lowest BCUT2D eigenvalue weighted by molar-refractivity contribution is 0.523. The summed E-state index contributed by atoms with van der Waals surface area (Å²) >= 11 is 0. The van der Waals surface area contributed by atoms with Crippen LogP contribution in [0, 0.1) is 12.7 Å². The molecular formula is C19H18FN5O. The summed E-state index contributed by atoms with van der Waals surface area (Å²) in [5.41, 5.74) is 3.64. The van der Waals surface area contributed by atoms with Gasteiger partial charge in [-0.1, -0.05) is 6.92 Å². The van der Waals surface area contributed by atoms with Gasteiger partial charge in [-0.3, -0.25) is 14.6 Å². The lowest BCUT2D eigenvalue weighted by Gasteiger charge is -2.12. The molecule has 0 aliphatic carbocycles. The van der Waals surface area contributed by atoms with Gasteiger partial charge in [-0.05, 0) is 42.8 Å². The van der Waals surface area contributed by atoms with Gasteiger partial charge in [-0.15, -0.1) is 0 Å². The van der Waals surface area contributed by atoms with Crippen LogP contribution in [0.3, 0.4) is 0 Å². The van der Waals surface area contributed by atoms with E-state index in [4.69, 9.17) is 0 Å². The number of aryl methyl sites for hydroxylation is 1. The van der Waals surface area contributed by atoms with Crippen molar-refractivity contribution >= 4 is 5.65 Å². The maximum absolute atomic E-state index is 13.1. The second kappa shape index (κ2) is 6.25. The van der Waals surface area contributed by atoms with Crippen molar-refractivity contribution in [3.8, 4) is 11.3 Å². The van der Waals surface area contributed by atoms with Crippen LogP contribution in [-0.2, 0) is 6.54 Å². The minimum absolute atomic E-state index is 0.0375. The van der Waals surface area contributed by atoms with Crippen LogP contribution in [-0.4, -0.2) is 24.4 Å². The summed E-state index contributed by atoms with van der Waals surface area (Å²) < 4.78 is 16.4. The van der Waals surface area contributed by atoms with Crippen LogP contribution < -0.4 is 5.56 Å². The molecule has 3 aromatic heterocycles. The first kappa shape index (κ1) is 16.3. The summed E-state index contributed by atoms with van der Waals surface area (Å²) in [5, 5.41) is 7.31. The number of nitrogens with one attached hydrogen (secondary N) is 1. The monoisotopic (exact) mass is 351 g/mol. The van der Waals surface area contributed by atoms with Gasteiger partial charge in [-0.25, -0.2) is 13.9 Å². The van der Waals surface area contributed by atoms with E-state index in [1.165, 1.54) is 16.6 Å². The molecule has 0 amide bonds. The average Bonchev–Trinajstić information content (AvgIpc) is 3.22. The summed E-state index contributed by atoms with van der Waals surface area (Å²) in [6.07, 6.45) is 1.76. The predicted molar refractivity (Wildman–Crippen MR) is 96.6 cm³/mol. The molecule has 4 aromatic rings. The van der Waals surface area contributed by atoms with E-state index < -0.39 is 0 Å². The molecule has 0 radical (unpaired) electrons. The number of hydrogen-bond acceptors (Lipinski definition) is 3. The van der Waals surface area contributed by atoms with E-state index in [1.54, 1.807) is 30.5 Å². The van der Waals surface area contributed by atoms with Gasteiger partial charge < -0.3 is 0 Å². The van der Waals surface area contributed by atoms with Gasteiger partial charge in [0.2, 0.25) is 0 Å². The zero-order valence-electron chi connectivity index (χ0n) is 14.5. The first-order chi connectivity index (χ1) is 12.5. The van der Waals surface area contributed by atoms with Gasteiger partial charge in [-0.2, -0.15) is 5.10 Å². The number of nitrogens with zero attached hydrogens (tertiary/aromatic N) is 4. The Labute approximate surface area is 148 Å². The van der Waals surface area contributed by atoms with Gasteiger partial charge in [0.05, 0.1) is 11.4 Å². The maximum Gasteiger partial charge on any atom is 0.272 e. The fraction of sp³-hybridized carbons (Fsp3) is 0.211. The highest BCUT2D eigenvalue weighted by atomic mass is 19.1. The topological polar surface area (TPSA) is 68.0 Å². The normalized spacial score (nSPS) is 12.6. The first-order valence-corrected chi connectivity index (χ1v) is 8.38. The Kier molecular flexibility index (Phi) is 3.91. The molecule has 7 heteroatoms. The number of halogens is 1. The van der Waals surface area contributed by atoms with Crippen molar-refractivity contribution in [2.45, 2.75) is 26.3 Å². The molecule has 0 saturated carbocycles. The molecule has 26 heavy (non-hydrogen) atoms. The van der Waals surface area contributed by atoms with E-state index in [1.807, 2.05) is 24.6 Å². The lowest BCUT2D eigenvalue weighted by Crippen LogP contribution is -2.18. The SMILES string of the molecule is Cc1ccnn1C[C@H](C)c1cc(=O)n2[nH]c(-c3ccc(F)cc3)cc2n1. The van der Waals surface area contributed by atoms with Gasteiger partial charge in [0.15, 0.2) is 5.65 Å². The molecule has 132 valence electrons. The van der Waals surface area contributed by atoms with Crippen molar-refractivity contribution in [3.05, 3.63) is 76.2 Å². The van der Waals surface area contributed by atoms with Crippen LogP contribution in [0.15, 0.2) is 53.5 Å². The average molecular weight is 351 g/mol. The van der Waals surface area contributed by atoms with Crippen LogP contribution in [0.5, 0.6) is 0 Å². The fourth-order valence-corrected chi connectivity index (χ4v) is 2.98. The van der Waals surface area contributed by atoms with Gasteiger partial charge in [0.1, 0.15) is 5.82 Å². The quantitative estimate of drug-likeness (QED) is 0.614. The maximum atomic E-state index is 13.1. The number of aromatic nitrogens is 5. The zero-order chi connectivity index (χ0) is 18.3. The zero-order valence-corrected chi connectivity index (χ0v) is 14.5. The molecule has 1 N–H and O–H groups in total. The molecule has 1 atom stereocenters. The molecule has 0 bridgehead atoms. The molecule has 0 aliphatic rings.